The van der Waals surface area contributed by atoms with Gasteiger partial charge in [-0.25, -0.2) is 0 Å². The van der Waals surface area contributed by atoms with Crippen molar-refractivity contribution in [1.29, 1.82) is 0 Å². The quantitative estimate of drug-likeness (QED) is 0.791. The predicted octanol–water partition coefficient (Wildman–Crippen LogP) is 2.10. The lowest BCUT2D eigenvalue weighted by atomic mass is 9.78. The zero-order chi connectivity index (χ0) is 14.9. The van der Waals surface area contributed by atoms with Gasteiger partial charge in [-0.2, -0.15) is 0 Å². The Morgan fingerprint density at radius 3 is 2.43 bits per heavy atom. The van der Waals surface area contributed by atoms with Crippen molar-refractivity contribution in [2.24, 2.45) is 11.1 Å². The minimum atomic E-state index is 0.0629. The molecule has 0 amide bonds. The third-order valence-electron chi connectivity index (χ3n) is 5.88. The van der Waals surface area contributed by atoms with Gasteiger partial charge in [0.25, 0.3) is 0 Å². The Balaban J connectivity index is 1.59. The van der Waals surface area contributed by atoms with Gasteiger partial charge in [0.2, 0.25) is 0 Å². The Bertz CT molecular complexity index is 382. The molecule has 0 radical (unpaired) electrons. The van der Waals surface area contributed by atoms with E-state index in [1.165, 1.54) is 6.42 Å². The van der Waals surface area contributed by atoms with Crippen LogP contribution in [0.5, 0.6) is 0 Å². The summed E-state index contributed by atoms with van der Waals surface area (Å²) in [5, 5.41) is 0. The molecule has 1 unspecified atom stereocenters. The monoisotopic (exact) mass is 312 g/mol. The van der Waals surface area contributed by atoms with Crippen LogP contribution in [0.3, 0.4) is 0 Å². The van der Waals surface area contributed by atoms with Gasteiger partial charge in [0.1, 0.15) is 0 Å². The first-order chi connectivity index (χ1) is 10.0. The smallest absolute Gasteiger partial charge is 0.0788 e. The molecule has 3 heterocycles. The van der Waals surface area contributed by atoms with Crippen LogP contribution in [0.15, 0.2) is 0 Å². The summed E-state index contributed by atoms with van der Waals surface area (Å²) >= 11 is 5.25. The van der Waals surface area contributed by atoms with Gasteiger partial charge in [-0.05, 0) is 51.6 Å². The van der Waals surface area contributed by atoms with Gasteiger partial charge in [-0.1, -0.05) is 19.1 Å². The number of nitrogens with two attached hydrogens (primary N) is 1. The molecule has 21 heavy (non-hydrogen) atoms. The Morgan fingerprint density at radius 2 is 1.81 bits per heavy atom. The van der Waals surface area contributed by atoms with Crippen LogP contribution < -0.4 is 5.73 Å². The standard InChI is InChI=1S/C16H28N2O2S/c1-15(14(17)21)3-7-18(8-4-15)13-2-9-20-16(12-13)5-10-19-11-6-16/h13H,2-12H2,1H3,(H2,17,21). The molecule has 0 aliphatic carbocycles. The van der Waals surface area contributed by atoms with Crippen molar-refractivity contribution in [1.82, 2.24) is 4.90 Å². The van der Waals surface area contributed by atoms with Crippen molar-refractivity contribution in [3.8, 4) is 0 Å². The number of nitrogens with zero attached hydrogens (tertiary/aromatic N) is 1. The molecule has 4 nitrogen and oxygen atoms in total. The van der Waals surface area contributed by atoms with Gasteiger partial charge in [0.15, 0.2) is 0 Å². The van der Waals surface area contributed by atoms with Crippen LogP contribution in [0.25, 0.3) is 0 Å². The van der Waals surface area contributed by atoms with Gasteiger partial charge < -0.3 is 20.1 Å². The van der Waals surface area contributed by atoms with Gasteiger partial charge in [-0.15, -0.1) is 0 Å². The highest BCUT2D eigenvalue weighted by Crippen LogP contribution is 2.39. The van der Waals surface area contributed by atoms with E-state index in [4.69, 9.17) is 27.4 Å². The van der Waals surface area contributed by atoms with Crippen molar-refractivity contribution < 1.29 is 9.47 Å². The maximum Gasteiger partial charge on any atom is 0.0788 e. The van der Waals surface area contributed by atoms with Gasteiger partial charge in [-0.3, -0.25) is 0 Å². The van der Waals surface area contributed by atoms with E-state index in [9.17, 15) is 0 Å². The van der Waals surface area contributed by atoms with Crippen molar-refractivity contribution in [2.75, 3.05) is 32.9 Å². The summed E-state index contributed by atoms with van der Waals surface area (Å²) in [7, 11) is 0. The average Bonchev–Trinajstić information content (AvgIpc) is 2.49. The molecule has 1 spiro atoms. The first kappa shape index (κ1) is 15.7. The summed E-state index contributed by atoms with van der Waals surface area (Å²) in [6.07, 6.45) is 6.63. The summed E-state index contributed by atoms with van der Waals surface area (Å²) in [6, 6.07) is 0.660. The number of ether oxygens (including phenoxy) is 2. The second kappa shape index (κ2) is 6.11. The molecule has 3 rings (SSSR count). The minimum absolute atomic E-state index is 0.0629. The minimum Gasteiger partial charge on any atom is -0.393 e. The van der Waals surface area contributed by atoms with E-state index < -0.39 is 0 Å². The molecule has 5 heteroatoms. The zero-order valence-electron chi connectivity index (χ0n) is 13.1. The lowest BCUT2D eigenvalue weighted by molar-refractivity contribution is -0.153. The predicted molar refractivity (Wildman–Crippen MR) is 87.5 cm³/mol. The van der Waals surface area contributed by atoms with Crippen molar-refractivity contribution >= 4 is 17.2 Å². The fourth-order valence-electron chi connectivity index (χ4n) is 4.03. The van der Waals surface area contributed by atoms with Gasteiger partial charge in [0.05, 0.1) is 10.6 Å². The highest BCUT2D eigenvalue weighted by molar-refractivity contribution is 7.80. The highest BCUT2D eigenvalue weighted by Gasteiger charge is 2.42. The molecular weight excluding hydrogens is 284 g/mol. The summed E-state index contributed by atoms with van der Waals surface area (Å²) < 4.78 is 11.7. The lowest BCUT2D eigenvalue weighted by Gasteiger charge is -2.49. The molecule has 2 N–H and O–H groups in total. The Morgan fingerprint density at radius 1 is 1.14 bits per heavy atom. The topological polar surface area (TPSA) is 47.7 Å². The number of hydrogen-bond acceptors (Lipinski definition) is 4. The number of thiocarbonyl (C=S) groups is 1. The molecule has 0 bridgehead atoms. The molecule has 3 aliphatic heterocycles. The molecule has 3 fully saturated rings. The highest BCUT2D eigenvalue weighted by atomic mass is 32.1. The molecule has 0 saturated carbocycles. The van der Waals surface area contributed by atoms with Crippen LogP contribution in [0.2, 0.25) is 0 Å². The number of rotatable bonds is 2. The number of piperidine rings is 1. The summed E-state index contributed by atoms with van der Waals surface area (Å²) in [5.41, 5.74) is 6.07. The molecule has 3 aliphatic rings. The summed E-state index contributed by atoms with van der Waals surface area (Å²) in [4.78, 5) is 3.34. The van der Waals surface area contributed by atoms with Crippen LogP contribution in [0.1, 0.15) is 45.4 Å². The molecule has 0 aromatic rings. The number of hydrogen-bond donors (Lipinski definition) is 1. The van der Waals surface area contributed by atoms with E-state index in [2.05, 4.69) is 11.8 Å². The van der Waals surface area contributed by atoms with Crippen LogP contribution in [0, 0.1) is 5.41 Å². The first-order valence-electron chi connectivity index (χ1n) is 8.29. The van der Waals surface area contributed by atoms with E-state index in [0.717, 1.165) is 65.0 Å². The molecular formula is C16H28N2O2S. The van der Waals surface area contributed by atoms with E-state index in [-0.39, 0.29) is 11.0 Å². The van der Waals surface area contributed by atoms with E-state index in [1.807, 2.05) is 0 Å². The second-order valence-electron chi connectivity index (χ2n) is 7.25. The van der Waals surface area contributed by atoms with Crippen molar-refractivity contribution in [3.63, 3.8) is 0 Å². The average molecular weight is 312 g/mol. The summed E-state index contributed by atoms with van der Waals surface area (Å²) in [5.74, 6) is 0. The third kappa shape index (κ3) is 3.26. The summed E-state index contributed by atoms with van der Waals surface area (Å²) in [6.45, 7) is 7.05. The Kier molecular flexibility index (Phi) is 4.55. The van der Waals surface area contributed by atoms with Crippen LogP contribution in [-0.4, -0.2) is 54.4 Å². The van der Waals surface area contributed by atoms with Crippen molar-refractivity contribution in [3.05, 3.63) is 0 Å². The SMILES string of the molecule is CC1(C(N)=S)CCN(C2CCOC3(CCOCC3)C2)CC1. The van der Waals surface area contributed by atoms with E-state index in [1.54, 1.807) is 0 Å². The molecule has 3 saturated heterocycles. The van der Waals surface area contributed by atoms with E-state index in [0.29, 0.717) is 11.0 Å². The molecule has 120 valence electrons. The third-order valence-corrected chi connectivity index (χ3v) is 6.38. The Labute approximate surface area is 133 Å². The normalized spacial score (nSPS) is 32.9. The zero-order valence-corrected chi connectivity index (χ0v) is 13.9. The lowest BCUT2D eigenvalue weighted by Crippen LogP contribution is -2.54. The molecule has 0 aromatic carbocycles. The second-order valence-corrected chi connectivity index (χ2v) is 7.69. The molecule has 1 atom stereocenters. The van der Waals surface area contributed by atoms with Crippen LogP contribution >= 0.6 is 12.2 Å². The largest absolute Gasteiger partial charge is 0.393 e. The maximum atomic E-state index is 6.16. The van der Waals surface area contributed by atoms with Gasteiger partial charge in [0, 0.05) is 31.3 Å². The Hall–Kier alpha value is -0.230. The fourth-order valence-corrected chi connectivity index (χ4v) is 4.24. The van der Waals surface area contributed by atoms with Crippen LogP contribution in [-0.2, 0) is 9.47 Å². The van der Waals surface area contributed by atoms with Gasteiger partial charge >= 0.3 is 0 Å². The maximum absolute atomic E-state index is 6.16. The van der Waals surface area contributed by atoms with E-state index >= 15 is 0 Å². The van der Waals surface area contributed by atoms with Crippen molar-refractivity contribution in [2.45, 2.75) is 57.1 Å². The van der Waals surface area contributed by atoms with Crippen LogP contribution in [0.4, 0.5) is 0 Å². The first-order valence-corrected chi connectivity index (χ1v) is 8.70. The fraction of sp³-hybridized carbons (Fsp3) is 0.938. The molecule has 0 aromatic heterocycles. The number of likely N-dealkylation sites (tertiary alicyclic amines) is 1.